The minimum Gasteiger partial charge on any atom is -0.143 e. The molecule has 138 valence electrons. The molecule has 0 unspecified atom stereocenters. The topological polar surface area (TPSA) is 0 Å². The van der Waals surface area contributed by atoms with Crippen LogP contribution in [-0.2, 0) is 0 Å². The van der Waals surface area contributed by atoms with Gasteiger partial charge in [-0.15, -0.1) is 45.3 Å². The van der Waals surface area contributed by atoms with Crippen LogP contribution < -0.4 is 0 Å². The van der Waals surface area contributed by atoms with E-state index in [2.05, 4.69) is 99.5 Å². The van der Waals surface area contributed by atoms with Gasteiger partial charge in [0, 0.05) is 33.7 Å². The van der Waals surface area contributed by atoms with Gasteiger partial charge in [0.25, 0.3) is 0 Å². The summed E-state index contributed by atoms with van der Waals surface area (Å²) in [6, 6.07) is 26.6. The Morgan fingerprint density at radius 2 is 1.11 bits per heavy atom. The fourth-order valence-electron chi connectivity index (χ4n) is 3.24. The number of hydrogen-bond donors (Lipinski definition) is 0. The Kier molecular flexibility index (Phi) is 5.35. The molecule has 5 rings (SSSR count). The fraction of sp³-hybridized carbons (Fsp3) is 0.0435. The van der Waals surface area contributed by atoms with E-state index in [1.165, 1.54) is 34.8 Å². The Morgan fingerprint density at radius 3 is 1.57 bits per heavy atom. The Morgan fingerprint density at radius 1 is 0.571 bits per heavy atom. The Labute approximate surface area is 188 Å². The highest BCUT2D eigenvalue weighted by atomic mass is 79.9. The lowest BCUT2D eigenvalue weighted by atomic mass is 9.96. The molecule has 0 amide bonds. The Bertz CT molecular complexity index is 1090. The highest BCUT2D eigenvalue weighted by Gasteiger charge is 2.21. The molecule has 0 saturated carbocycles. The van der Waals surface area contributed by atoms with Gasteiger partial charge < -0.3 is 0 Å². The second-order valence-electron chi connectivity index (χ2n) is 6.34. The third-order valence-electron chi connectivity index (χ3n) is 4.55. The summed E-state index contributed by atoms with van der Waals surface area (Å²) in [7, 11) is 0. The molecular weight excluding hydrogens is 484 g/mol. The van der Waals surface area contributed by atoms with Gasteiger partial charge in [-0.25, -0.2) is 0 Å². The summed E-state index contributed by atoms with van der Waals surface area (Å²) in [5.74, 6) is 0.269. The minimum atomic E-state index is 0.269. The van der Waals surface area contributed by atoms with Crippen molar-refractivity contribution in [1.82, 2.24) is 0 Å². The monoisotopic (exact) mass is 498 g/mol. The van der Waals surface area contributed by atoms with Gasteiger partial charge in [0.2, 0.25) is 0 Å². The van der Waals surface area contributed by atoms with Crippen molar-refractivity contribution < 1.29 is 0 Å². The Balaban J connectivity index is 1.59. The number of halogens is 1. The average Bonchev–Trinajstić information content (AvgIpc) is 3.48. The van der Waals surface area contributed by atoms with Crippen molar-refractivity contribution in [3.63, 3.8) is 0 Å². The molecule has 0 saturated heterocycles. The van der Waals surface area contributed by atoms with Crippen LogP contribution in [0.1, 0.15) is 21.2 Å². The lowest BCUT2D eigenvalue weighted by Crippen LogP contribution is -1.98. The molecule has 0 radical (unpaired) electrons. The molecule has 28 heavy (non-hydrogen) atoms. The first-order valence-electron chi connectivity index (χ1n) is 8.80. The molecule has 5 aromatic rings. The van der Waals surface area contributed by atoms with E-state index in [0.29, 0.717) is 0 Å². The molecule has 0 spiro atoms. The molecule has 0 nitrogen and oxygen atoms in total. The van der Waals surface area contributed by atoms with Crippen LogP contribution >= 0.6 is 61.3 Å². The summed E-state index contributed by atoms with van der Waals surface area (Å²) in [6.45, 7) is 0. The van der Waals surface area contributed by atoms with Gasteiger partial charge in [0.15, 0.2) is 0 Å². The van der Waals surface area contributed by atoms with E-state index in [-0.39, 0.29) is 5.92 Å². The SMILES string of the molecule is Brc1ccc(C(c2ccc(-c3cccs3)s2)c2ccc(-c3cccs3)s2)cc1. The maximum atomic E-state index is 3.58. The van der Waals surface area contributed by atoms with Crippen molar-refractivity contribution in [3.8, 4) is 19.5 Å². The Hall–Kier alpha value is -1.50. The first-order valence-corrected chi connectivity index (χ1v) is 13.0. The lowest BCUT2D eigenvalue weighted by molar-refractivity contribution is 1.03. The van der Waals surface area contributed by atoms with Gasteiger partial charge in [-0.05, 0) is 64.9 Å². The van der Waals surface area contributed by atoms with Crippen molar-refractivity contribution in [3.05, 3.63) is 103 Å². The van der Waals surface area contributed by atoms with Crippen molar-refractivity contribution in [1.29, 1.82) is 0 Å². The van der Waals surface area contributed by atoms with Crippen LogP contribution in [0, 0.1) is 0 Å². The molecule has 0 aliphatic rings. The molecule has 0 atom stereocenters. The molecule has 4 heterocycles. The quantitative estimate of drug-likeness (QED) is 0.226. The van der Waals surface area contributed by atoms with Crippen LogP contribution in [0.4, 0.5) is 0 Å². The number of thiophene rings is 4. The average molecular weight is 500 g/mol. The number of rotatable bonds is 5. The number of hydrogen-bond acceptors (Lipinski definition) is 4. The lowest BCUT2D eigenvalue weighted by Gasteiger charge is -2.15. The van der Waals surface area contributed by atoms with Crippen LogP contribution in [0.2, 0.25) is 0 Å². The molecule has 0 aliphatic carbocycles. The molecule has 5 heteroatoms. The van der Waals surface area contributed by atoms with Crippen molar-refractivity contribution in [2.24, 2.45) is 0 Å². The summed E-state index contributed by atoms with van der Waals surface area (Å²) in [4.78, 5) is 8.17. The zero-order valence-corrected chi connectivity index (χ0v) is 19.5. The van der Waals surface area contributed by atoms with Gasteiger partial charge in [0.1, 0.15) is 0 Å². The summed E-state index contributed by atoms with van der Waals surface area (Å²) >= 11 is 11.0. The smallest absolute Gasteiger partial charge is 0.0528 e. The van der Waals surface area contributed by atoms with Crippen LogP contribution in [0.15, 0.2) is 88.0 Å². The van der Waals surface area contributed by atoms with Crippen LogP contribution in [0.3, 0.4) is 0 Å². The van der Waals surface area contributed by atoms with Crippen molar-refractivity contribution in [2.75, 3.05) is 0 Å². The molecule has 4 aromatic heterocycles. The first-order chi connectivity index (χ1) is 13.8. The van der Waals surface area contributed by atoms with E-state index in [9.17, 15) is 0 Å². The fourth-order valence-corrected chi connectivity index (χ4v) is 7.56. The maximum Gasteiger partial charge on any atom is 0.0528 e. The molecule has 0 aliphatic heterocycles. The molecular formula is C23H15BrS4. The van der Waals surface area contributed by atoms with Gasteiger partial charge in [0.05, 0.1) is 5.92 Å². The standard InChI is InChI=1S/C23H15BrS4/c24-16-7-5-15(6-8-16)23(21-11-9-19(27-21)17-3-1-13-25-17)22-12-10-20(28-22)18-4-2-14-26-18/h1-14,23H. The van der Waals surface area contributed by atoms with Crippen molar-refractivity contribution in [2.45, 2.75) is 5.92 Å². The van der Waals surface area contributed by atoms with Gasteiger partial charge >= 0.3 is 0 Å². The van der Waals surface area contributed by atoms with Crippen LogP contribution in [-0.4, -0.2) is 0 Å². The second kappa shape index (κ2) is 8.09. The zero-order valence-electron chi connectivity index (χ0n) is 14.7. The summed E-state index contributed by atoms with van der Waals surface area (Å²) in [5, 5.41) is 4.29. The van der Waals surface area contributed by atoms with E-state index in [1.807, 2.05) is 22.7 Å². The largest absolute Gasteiger partial charge is 0.143 e. The summed E-state index contributed by atoms with van der Waals surface area (Å²) in [5.41, 5.74) is 1.34. The van der Waals surface area contributed by atoms with E-state index >= 15 is 0 Å². The van der Waals surface area contributed by atoms with Gasteiger partial charge in [-0.3, -0.25) is 0 Å². The third kappa shape index (κ3) is 3.70. The minimum absolute atomic E-state index is 0.269. The molecule has 1 aromatic carbocycles. The highest BCUT2D eigenvalue weighted by molar-refractivity contribution is 9.10. The summed E-state index contributed by atoms with van der Waals surface area (Å²) in [6.07, 6.45) is 0. The van der Waals surface area contributed by atoms with Crippen molar-refractivity contribution >= 4 is 61.3 Å². The van der Waals surface area contributed by atoms with Crippen LogP contribution in [0.5, 0.6) is 0 Å². The molecule has 0 bridgehead atoms. The highest BCUT2D eigenvalue weighted by Crippen LogP contribution is 2.44. The number of benzene rings is 1. The molecule has 0 N–H and O–H groups in total. The van der Waals surface area contributed by atoms with E-state index in [1.54, 1.807) is 22.7 Å². The predicted octanol–water partition coefficient (Wildman–Crippen LogP) is 9.21. The normalized spacial score (nSPS) is 11.4. The second-order valence-corrected chi connectivity index (χ2v) is 11.4. The maximum absolute atomic E-state index is 3.58. The third-order valence-corrected chi connectivity index (χ3v) is 9.51. The predicted molar refractivity (Wildman–Crippen MR) is 130 cm³/mol. The zero-order chi connectivity index (χ0) is 18.9. The van der Waals surface area contributed by atoms with E-state index in [4.69, 9.17) is 0 Å². The van der Waals surface area contributed by atoms with Gasteiger partial charge in [-0.1, -0.05) is 40.2 Å². The van der Waals surface area contributed by atoms with Crippen LogP contribution in [0.25, 0.3) is 19.5 Å². The van der Waals surface area contributed by atoms with Gasteiger partial charge in [-0.2, -0.15) is 0 Å². The molecule has 0 fully saturated rings. The first kappa shape index (κ1) is 18.5. The van der Waals surface area contributed by atoms with E-state index < -0.39 is 0 Å². The summed E-state index contributed by atoms with van der Waals surface area (Å²) < 4.78 is 1.12. The van der Waals surface area contributed by atoms with E-state index in [0.717, 1.165) is 4.47 Å².